The first-order valence-electron chi connectivity index (χ1n) is 5.43. The summed E-state index contributed by atoms with van der Waals surface area (Å²) in [5.41, 5.74) is 0.863. The molecule has 5 nitrogen and oxygen atoms in total. The van der Waals surface area contributed by atoms with Gasteiger partial charge < -0.3 is 9.84 Å². The van der Waals surface area contributed by atoms with Crippen LogP contribution in [-0.4, -0.2) is 39.9 Å². The maximum absolute atomic E-state index is 11.8. The Morgan fingerprint density at radius 3 is 2.44 bits per heavy atom. The summed E-state index contributed by atoms with van der Waals surface area (Å²) in [7, 11) is -3.51. The minimum atomic E-state index is -3.51. The Morgan fingerprint density at radius 2 is 1.89 bits per heavy atom. The van der Waals surface area contributed by atoms with Crippen molar-refractivity contribution in [2.24, 2.45) is 0 Å². The number of ether oxygens (including phenoxy) is 1. The van der Waals surface area contributed by atoms with Crippen molar-refractivity contribution in [2.75, 3.05) is 26.4 Å². The topological polar surface area (TPSA) is 75.6 Å². The van der Waals surface area contributed by atoms with Gasteiger partial charge in [0.15, 0.2) is 0 Å². The van der Waals surface area contributed by atoms with Gasteiger partial charge in [-0.3, -0.25) is 0 Å². The van der Waals surface area contributed by atoms with Crippen molar-refractivity contribution in [3.8, 4) is 0 Å². The summed E-state index contributed by atoms with van der Waals surface area (Å²) in [4.78, 5) is 0.193. The Hall–Kier alpha value is -0.660. The van der Waals surface area contributed by atoms with Crippen LogP contribution in [-0.2, 0) is 20.6 Å². The predicted octanol–water partition coefficient (Wildman–Crippen LogP) is 0.713. The highest BCUT2D eigenvalue weighted by molar-refractivity contribution is 7.89. The first-order chi connectivity index (χ1) is 8.60. The van der Waals surface area contributed by atoms with E-state index in [-0.39, 0.29) is 31.3 Å². The molecule has 18 heavy (non-hydrogen) atoms. The van der Waals surface area contributed by atoms with E-state index in [1.807, 2.05) is 0 Å². The number of sulfonamides is 1. The quantitative estimate of drug-likeness (QED) is 0.547. The van der Waals surface area contributed by atoms with E-state index in [1.54, 1.807) is 12.1 Å². The van der Waals surface area contributed by atoms with Gasteiger partial charge in [0.05, 0.1) is 24.7 Å². The van der Waals surface area contributed by atoms with Crippen molar-refractivity contribution in [3.05, 3.63) is 29.8 Å². The zero-order valence-electron chi connectivity index (χ0n) is 9.80. The van der Waals surface area contributed by atoms with E-state index in [0.29, 0.717) is 5.88 Å². The summed E-state index contributed by atoms with van der Waals surface area (Å²) in [6.45, 7) is 0.512. The summed E-state index contributed by atoms with van der Waals surface area (Å²) < 4.78 is 31.0. The SMILES string of the molecule is O=S(=O)(NCCOCCO)c1ccc(CCl)cc1. The molecule has 0 saturated carbocycles. The average molecular weight is 294 g/mol. The number of aliphatic hydroxyl groups is 1. The first-order valence-corrected chi connectivity index (χ1v) is 7.45. The molecule has 0 unspecified atom stereocenters. The monoisotopic (exact) mass is 293 g/mol. The van der Waals surface area contributed by atoms with Crippen LogP contribution in [0.15, 0.2) is 29.2 Å². The van der Waals surface area contributed by atoms with Gasteiger partial charge in [0.25, 0.3) is 0 Å². The summed E-state index contributed by atoms with van der Waals surface area (Å²) in [5.74, 6) is 0.350. The molecule has 2 N–H and O–H groups in total. The molecule has 0 aliphatic heterocycles. The van der Waals surface area contributed by atoms with E-state index in [4.69, 9.17) is 21.4 Å². The van der Waals surface area contributed by atoms with Crippen LogP contribution in [0.3, 0.4) is 0 Å². The van der Waals surface area contributed by atoms with Gasteiger partial charge in [-0.2, -0.15) is 0 Å². The van der Waals surface area contributed by atoms with Crippen molar-refractivity contribution in [3.63, 3.8) is 0 Å². The van der Waals surface area contributed by atoms with Gasteiger partial charge in [0, 0.05) is 12.4 Å². The normalized spacial score (nSPS) is 11.7. The van der Waals surface area contributed by atoms with Crippen molar-refractivity contribution in [1.82, 2.24) is 4.72 Å². The fourth-order valence-electron chi connectivity index (χ4n) is 1.26. The van der Waals surface area contributed by atoms with E-state index in [1.165, 1.54) is 12.1 Å². The number of halogens is 1. The molecule has 0 amide bonds. The molecule has 0 bridgehead atoms. The Balaban J connectivity index is 2.51. The second-order valence-corrected chi connectivity index (χ2v) is 5.55. The van der Waals surface area contributed by atoms with E-state index >= 15 is 0 Å². The van der Waals surface area contributed by atoms with Gasteiger partial charge in [-0.1, -0.05) is 12.1 Å². The van der Waals surface area contributed by atoms with E-state index in [0.717, 1.165) is 5.56 Å². The van der Waals surface area contributed by atoms with Crippen LogP contribution in [0.1, 0.15) is 5.56 Å². The number of benzene rings is 1. The minimum Gasteiger partial charge on any atom is -0.394 e. The molecule has 102 valence electrons. The van der Waals surface area contributed by atoms with E-state index in [9.17, 15) is 8.42 Å². The van der Waals surface area contributed by atoms with Gasteiger partial charge in [0.2, 0.25) is 10.0 Å². The van der Waals surface area contributed by atoms with Crippen molar-refractivity contribution >= 4 is 21.6 Å². The van der Waals surface area contributed by atoms with Gasteiger partial charge in [-0.15, -0.1) is 11.6 Å². The van der Waals surface area contributed by atoms with Crippen LogP contribution < -0.4 is 4.72 Å². The van der Waals surface area contributed by atoms with Crippen LogP contribution in [0.2, 0.25) is 0 Å². The Kier molecular flexibility index (Phi) is 6.59. The van der Waals surface area contributed by atoms with Crippen LogP contribution in [0.25, 0.3) is 0 Å². The fourth-order valence-corrected chi connectivity index (χ4v) is 2.45. The Bertz CT molecular complexity index is 447. The highest BCUT2D eigenvalue weighted by atomic mass is 35.5. The van der Waals surface area contributed by atoms with Crippen LogP contribution in [0, 0.1) is 0 Å². The third-order valence-corrected chi connectivity index (χ3v) is 3.95. The standard InChI is InChI=1S/C11H16ClNO4S/c12-9-10-1-3-11(4-2-10)18(15,16)13-5-7-17-8-6-14/h1-4,13-14H,5-9H2. The molecule has 0 saturated heterocycles. The van der Waals surface area contributed by atoms with Crippen LogP contribution >= 0.6 is 11.6 Å². The predicted molar refractivity (Wildman–Crippen MR) is 69.1 cm³/mol. The molecule has 0 aromatic heterocycles. The van der Waals surface area contributed by atoms with Gasteiger partial charge in [-0.05, 0) is 17.7 Å². The average Bonchev–Trinajstić information content (AvgIpc) is 2.38. The second-order valence-electron chi connectivity index (χ2n) is 3.51. The molecule has 1 aromatic carbocycles. The summed E-state index contributed by atoms with van der Waals surface area (Å²) in [6.07, 6.45) is 0. The highest BCUT2D eigenvalue weighted by Crippen LogP contribution is 2.11. The zero-order chi connectivity index (χ0) is 13.4. The largest absolute Gasteiger partial charge is 0.394 e. The molecular weight excluding hydrogens is 278 g/mol. The smallest absolute Gasteiger partial charge is 0.240 e. The van der Waals surface area contributed by atoms with Crippen molar-refractivity contribution < 1.29 is 18.3 Å². The number of aliphatic hydroxyl groups excluding tert-OH is 1. The van der Waals surface area contributed by atoms with Gasteiger partial charge in [0.1, 0.15) is 0 Å². The first kappa shape index (κ1) is 15.4. The minimum absolute atomic E-state index is 0.0767. The van der Waals surface area contributed by atoms with Crippen molar-refractivity contribution in [2.45, 2.75) is 10.8 Å². The summed E-state index contributed by atoms with van der Waals surface area (Å²) in [6, 6.07) is 6.36. The molecule has 0 spiro atoms. The molecular formula is C11H16ClNO4S. The number of hydrogen-bond donors (Lipinski definition) is 2. The molecule has 0 aliphatic carbocycles. The van der Waals surface area contributed by atoms with Crippen LogP contribution in [0.5, 0.6) is 0 Å². The third kappa shape index (κ3) is 4.91. The number of hydrogen-bond acceptors (Lipinski definition) is 4. The highest BCUT2D eigenvalue weighted by Gasteiger charge is 2.12. The molecule has 0 aliphatic rings. The van der Waals surface area contributed by atoms with Crippen LogP contribution in [0.4, 0.5) is 0 Å². The number of rotatable bonds is 8. The summed E-state index contributed by atoms with van der Waals surface area (Å²) in [5, 5.41) is 8.48. The maximum Gasteiger partial charge on any atom is 0.240 e. The van der Waals surface area contributed by atoms with E-state index in [2.05, 4.69) is 4.72 Å². The second kappa shape index (κ2) is 7.70. The lowest BCUT2D eigenvalue weighted by molar-refractivity contribution is 0.0961. The molecule has 0 radical (unpaired) electrons. The molecule has 1 rings (SSSR count). The Morgan fingerprint density at radius 1 is 1.22 bits per heavy atom. The molecule has 7 heteroatoms. The third-order valence-electron chi connectivity index (χ3n) is 2.16. The lowest BCUT2D eigenvalue weighted by Gasteiger charge is -2.07. The number of alkyl halides is 1. The Labute approximate surface area is 112 Å². The molecule has 1 aromatic rings. The zero-order valence-corrected chi connectivity index (χ0v) is 11.4. The molecule has 0 fully saturated rings. The molecule has 0 atom stereocenters. The lowest BCUT2D eigenvalue weighted by atomic mass is 10.2. The lowest BCUT2D eigenvalue weighted by Crippen LogP contribution is -2.27. The van der Waals surface area contributed by atoms with E-state index < -0.39 is 10.0 Å². The van der Waals surface area contributed by atoms with Crippen molar-refractivity contribution in [1.29, 1.82) is 0 Å². The summed E-state index contributed by atoms with van der Waals surface area (Å²) >= 11 is 5.62. The van der Waals surface area contributed by atoms with Gasteiger partial charge >= 0.3 is 0 Å². The molecule has 0 heterocycles. The fraction of sp³-hybridized carbons (Fsp3) is 0.455. The maximum atomic E-state index is 11.8. The number of nitrogens with one attached hydrogen (secondary N) is 1. The van der Waals surface area contributed by atoms with Gasteiger partial charge in [-0.25, -0.2) is 13.1 Å².